The number of likely N-dealkylation sites (tertiary alicyclic amines) is 1. The van der Waals surface area contributed by atoms with E-state index in [1.807, 2.05) is 6.07 Å². The molecule has 1 atom stereocenters. The summed E-state index contributed by atoms with van der Waals surface area (Å²) in [4.78, 5) is 14.3. The van der Waals surface area contributed by atoms with Crippen molar-refractivity contribution in [2.24, 2.45) is 16.8 Å². The molecule has 0 radical (unpaired) electrons. The van der Waals surface area contributed by atoms with Gasteiger partial charge in [0.05, 0.1) is 0 Å². The number of halogens is 2. The van der Waals surface area contributed by atoms with Gasteiger partial charge in [0.15, 0.2) is 0 Å². The Bertz CT molecular complexity index is 528. The minimum Gasteiger partial charge on any atom is -0.409 e. The van der Waals surface area contributed by atoms with Crippen LogP contribution in [0, 0.1) is 5.92 Å². The minimum absolute atomic E-state index is 0.0394. The Morgan fingerprint density at radius 3 is 2.60 bits per heavy atom. The van der Waals surface area contributed by atoms with Crippen molar-refractivity contribution in [3.63, 3.8) is 0 Å². The number of piperidine rings is 1. The Balaban J connectivity index is 2.16. The van der Waals surface area contributed by atoms with Gasteiger partial charge in [-0.3, -0.25) is 4.79 Å². The molecule has 3 N–H and O–H groups in total. The Kier molecular flexibility index (Phi) is 5.04. The van der Waals surface area contributed by atoms with Crippen LogP contribution in [0.1, 0.15) is 23.2 Å². The second-order valence-corrected chi connectivity index (χ2v) is 6.60. The maximum Gasteiger partial charge on any atom is 0.253 e. The molecule has 108 valence electrons. The van der Waals surface area contributed by atoms with Crippen molar-refractivity contribution in [3.8, 4) is 0 Å². The summed E-state index contributed by atoms with van der Waals surface area (Å²) in [5.74, 6) is 0.0775. The third-order valence-electron chi connectivity index (χ3n) is 3.35. The third kappa shape index (κ3) is 3.52. The Labute approximate surface area is 134 Å². The largest absolute Gasteiger partial charge is 0.409 e. The van der Waals surface area contributed by atoms with Crippen molar-refractivity contribution < 1.29 is 10.0 Å². The zero-order valence-corrected chi connectivity index (χ0v) is 13.9. The molecule has 1 amide bonds. The van der Waals surface area contributed by atoms with E-state index in [0.717, 1.165) is 21.8 Å². The molecule has 0 aromatic heterocycles. The van der Waals surface area contributed by atoms with Gasteiger partial charge in [-0.15, -0.1) is 0 Å². The lowest BCUT2D eigenvalue weighted by atomic mass is 9.96. The molecule has 1 fully saturated rings. The monoisotopic (exact) mass is 403 g/mol. The predicted octanol–water partition coefficient (Wildman–Crippen LogP) is 2.81. The van der Waals surface area contributed by atoms with Crippen LogP contribution in [-0.4, -0.2) is 34.9 Å². The minimum atomic E-state index is -0.0757. The molecular formula is C13H15Br2N3O2. The van der Waals surface area contributed by atoms with Gasteiger partial charge in [0.1, 0.15) is 5.84 Å². The topological polar surface area (TPSA) is 78.9 Å². The van der Waals surface area contributed by atoms with Crippen LogP contribution in [0.2, 0.25) is 0 Å². The molecule has 2 rings (SSSR count). The van der Waals surface area contributed by atoms with Gasteiger partial charge < -0.3 is 15.8 Å². The molecule has 1 aromatic carbocycles. The number of nitrogens with zero attached hydrogens (tertiary/aromatic N) is 2. The van der Waals surface area contributed by atoms with Gasteiger partial charge in [-0.25, -0.2) is 0 Å². The van der Waals surface area contributed by atoms with Crippen LogP contribution >= 0.6 is 31.9 Å². The van der Waals surface area contributed by atoms with Crippen molar-refractivity contribution in [3.05, 3.63) is 32.7 Å². The molecule has 5 nitrogen and oxygen atoms in total. The molecule has 1 aliphatic rings. The van der Waals surface area contributed by atoms with Gasteiger partial charge in [-0.2, -0.15) is 0 Å². The molecule has 1 heterocycles. The van der Waals surface area contributed by atoms with Crippen molar-refractivity contribution in [2.45, 2.75) is 12.8 Å². The van der Waals surface area contributed by atoms with Crippen molar-refractivity contribution in [1.29, 1.82) is 0 Å². The highest BCUT2D eigenvalue weighted by molar-refractivity contribution is 9.11. The summed E-state index contributed by atoms with van der Waals surface area (Å²) >= 11 is 6.76. The molecule has 1 unspecified atom stereocenters. The van der Waals surface area contributed by atoms with Crippen molar-refractivity contribution in [2.75, 3.05) is 13.1 Å². The summed E-state index contributed by atoms with van der Waals surface area (Å²) in [6.07, 6.45) is 1.68. The highest BCUT2D eigenvalue weighted by Crippen LogP contribution is 2.23. The van der Waals surface area contributed by atoms with E-state index in [-0.39, 0.29) is 17.7 Å². The summed E-state index contributed by atoms with van der Waals surface area (Å²) in [5, 5.41) is 11.8. The third-order valence-corrected chi connectivity index (χ3v) is 4.27. The van der Waals surface area contributed by atoms with Crippen LogP contribution in [-0.2, 0) is 0 Å². The van der Waals surface area contributed by atoms with Gasteiger partial charge in [-0.05, 0) is 31.0 Å². The Morgan fingerprint density at radius 2 is 2.00 bits per heavy atom. The van der Waals surface area contributed by atoms with E-state index in [4.69, 9.17) is 10.9 Å². The summed E-state index contributed by atoms with van der Waals surface area (Å²) in [6, 6.07) is 5.46. The lowest BCUT2D eigenvalue weighted by molar-refractivity contribution is 0.0701. The number of rotatable bonds is 2. The standard InChI is InChI=1S/C13H15Br2N3O2/c14-10-4-9(5-11(15)6-10)13(19)18-3-1-2-8(7-18)12(16)17-20/h4-6,8,20H,1-3,7H2,(H2,16,17). The highest BCUT2D eigenvalue weighted by atomic mass is 79.9. The first kappa shape index (κ1) is 15.3. The number of hydrogen-bond donors (Lipinski definition) is 2. The van der Waals surface area contributed by atoms with Crippen LogP contribution in [0.4, 0.5) is 0 Å². The number of benzene rings is 1. The zero-order valence-electron chi connectivity index (χ0n) is 10.7. The van der Waals surface area contributed by atoms with Crippen LogP contribution in [0.15, 0.2) is 32.3 Å². The van der Waals surface area contributed by atoms with Gasteiger partial charge in [-0.1, -0.05) is 37.0 Å². The van der Waals surface area contributed by atoms with Crippen LogP contribution < -0.4 is 5.73 Å². The first-order valence-electron chi connectivity index (χ1n) is 6.24. The van der Waals surface area contributed by atoms with E-state index >= 15 is 0 Å². The molecule has 0 bridgehead atoms. The van der Waals surface area contributed by atoms with E-state index in [9.17, 15) is 4.79 Å². The molecule has 20 heavy (non-hydrogen) atoms. The first-order chi connectivity index (χ1) is 9.51. The Hall–Kier alpha value is -1.08. The number of carbonyl (C=O) groups is 1. The van der Waals surface area contributed by atoms with Crippen LogP contribution in [0.5, 0.6) is 0 Å². The van der Waals surface area contributed by atoms with Crippen molar-refractivity contribution in [1.82, 2.24) is 4.90 Å². The number of hydrogen-bond acceptors (Lipinski definition) is 3. The number of nitrogens with two attached hydrogens (primary N) is 1. The lowest BCUT2D eigenvalue weighted by Gasteiger charge is -2.32. The number of amides is 1. The molecule has 1 aliphatic heterocycles. The van der Waals surface area contributed by atoms with E-state index in [0.29, 0.717) is 18.7 Å². The summed E-state index contributed by atoms with van der Waals surface area (Å²) in [7, 11) is 0. The molecule has 1 aromatic rings. The summed E-state index contributed by atoms with van der Waals surface area (Å²) < 4.78 is 1.69. The average molecular weight is 405 g/mol. The second kappa shape index (κ2) is 6.58. The van der Waals surface area contributed by atoms with Gasteiger partial charge in [0.25, 0.3) is 5.91 Å². The number of oxime groups is 1. The maximum absolute atomic E-state index is 12.5. The van der Waals surface area contributed by atoms with Crippen LogP contribution in [0.25, 0.3) is 0 Å². The summed E-state index contributed by atoms with van der Waals surface area (Å²) in [6.45, 7) is 1.18. The van der Waals surface area contributed by atoms with E-state index in [1.54, 1.807) is 17.0 Å². The molecular weight excluding hydrogens is 390 g/mol. The normalized spacial score (nSPS) is 20.0. The molecule has 0 aliphatic carbocycles. The quantitative estimate of drug-likeness (QED) is 0.344. The molecule has 1 saturated heterocycles. The SMILES string of the molecule is N/C(=N/O)C1CCCN(C(=O)c2cc(Br)cc(Br)c2)C1. The molecule has 0 spiro atoms. The Morgan fingerprint density at radius 1 is 1.35 bits per heavy atom. The predicted molar refractivity (Wildman–Crippen MR) is 83.9 cm³/mol. The first-order valence-corrected chi connectivity index (χ1v) is 7.82. The number of amidine groups is 1. The molecule has 7 heteroatoms. The van der Waals surface area contributed by atoms with E-state index in [2.05, 4.69) is 37.0 Å². The fraction of sp³-hybridized carbons (Fsp3) is 0.385. The smallest absolute Gasteiger partial charge is 0.253 e. The van der Waals surface area contributed by atoms with Gasteiger partial charge >= 0.3 is 0 Å². The van der Waals surface area contributed by atoms with Crippen molar-refractivity contribution >= 4 is 43.6 Å². The van der Waals surface area contributed by atoms with Gasteiger partial charge in [0.2, 0.25) is 0 Å². The number of carbonyl (C=O) groups excluding carboxylic acids is 1. The zero-order chi connectivity index (χ0) is 14.7. The fourth-order valence-electron chi connectivity index (χ4n) is 2.34. The molecule has 0 saturated carbocycles. The van der Waals surface area contributed by atoms with Gasteiger partial charge in [0, 0.05) is 33.5 Å². The van der Waals surface area contributed by atoms with Crippen LogP contribution in [0.3, 0.4) is 0 Å². The van der Waals surface area contributed by atoms with E-state index in [1.165, 1.54) is 0 Å². The van der Waals surface area contributed by atoms with E-state index < -0.39 is 0 Å². The lowest BCUT2D eigenvalue weighted by Crippen LogP contribution is -2.44. The highest BCUT2D eigenvalue weighted by Gasteiger charge is 2.27. The maximum atomic E-state index is 12.5. The average Bonchev–Trinajstić information content (AvgIpc) is 2.44. The second-order valence-electron chi connectivity index (χ2n) is 4.77. The summed E-state index contributed by atoms with van der Waals surface area (Å²) in [5.41, 5.74) is 6.26. The fourth-order valence-corrected chi connectivity index (χ4v) is 3.64.